The largest absolute Gasteiger partial charge is 0.404 e. The van der Waals surface area contributed by atoms with Crippen LogP contribution in [-0.4, -0.2) is 18.1 Å². The van der Waals surface area contributed by atoms with E-state index >= 15 is 0 Å². The molecule has 0 radical (unpaired) electrons. The molecular formula is C14H17F3N2O. The van der Waals surface area contributed by atoms with Gasteiger partial charge in [0.25, 0.3) is 0 Å². The number of carbonyl (C=O) groups excluding carboxylic acids is 1. The second-order valence-corrected chi connectivity index (χ2v) is 5.13. The van der Waals surface area contributed by atoms with Gasteiger partial charge in [-0.1, -0.05) is 25.0 Å². The van der Waals surface area contributed by atoms with Crippen molar-refractivity contribution in [3.05, 3.63) is 29.8 Å². The van der Waals surface area contributed by atoms with Crippen LogP contribution >= 0.6 is 0 Å². The van der Waals surface area contributed by atoms with E-state index in [0.29, 0.717) is 5.69 Å². The summed E-state index contributed by atoms with van der Waals surface area (Å²) in [4.78, 5) is 12.0. The van der Waals surface area contributed by atoms with E-state index in [1.165, 1.54) is 24.3 Å². The Labute approximate surface area is 115 Å². The second-order valence-electron chi connectivity index (χ2n) is 5.13. The standard InChI is InChI=1S/C14H17F3N2O/c15-14(16,17)12(9-5-7-10(18)8-6-9)13(20)19-11-3-1-2-4-11/h5-8,11-12H,1-4,18H2,(H,19,20). The number of amides is 1. The second kappa shape index (κ2) is 5.73. The Hall–Kier alpha value is -1.72. The first-order valence-electron chi connectivity index (χ1n) is 6.60. The predicted molar refractivity (Wildman–Crippen MR) is 70.0 cm³/mol. The van der Waals surface area contributed by atoms with Crippen LogP contribution in [-0.2, 0) is 4.79 Å². The molecule has 0 aromatic heterocycles. The van der Waals surface area contributed by atoms with Crippen LogP contribution in [0, 0.1) is 0 Å². The van der Waals surface area contributed by atoms with E-state index in [0.717, 1.165) is 25.7 Å². The average Bonchev–Trinajstić information content (AvgIpc) is 2.83. The third-order valence-electron chi connectivity index (χ3n) is 3.56. The number of nitrogen functional groups attached to an aromatic ring is 1. The third kappa shape index (κ3) is 3.43. The minimum atomic E-state index is -4.61. The smallest absolute Gasteiger partial charge is 0.399 e. The van der Waals surface area contributed by atoms with Crippen molar-refractivity contribution >= 4 is 11.6 Å². The lowest BCUT2D eigenvalue weighted by molar-refractivity contribution is -0.165. The lowest BCUT2D eigenvalue weighted by Crippen LogP contribution is -2.41. The first kappa shape index (κ1) is 14.7. The van der Waals surface area contributed by atoms with E-state index < -0.39 is 18.0 Å². The van der Waals surface area contributed by atoms with Gasteiger partial charge in [-0.2, -0.15) is 13.2 Å². The number of hydrogen-bond acceptors (Lipinski definition) is 2. The summed E-state index contributed by atoms with van der Waals surface area (Å²) in [5, 5.41) is 2.51. The van der Waals surface area contributed by atoms with Gasteiger partial charge in [-0.15, -0.1) is 0 Å². The number of carbonyl (C=O) groups is 1. The fourth-order valence-electron chi connectivity index (χ4n) is 2.53. The minimum Gasteiger partial charge on any atom is -0.399 e. The highest BCUT2D eigenvalue weighted by Gasteiger charge is 2.46. The Balaban J connectivity index is 2.18. The van der Waals surface area contributed by atoms with Crippen LogP contribution in [0.3, 0.4) is 0 Å². The topological polar surface area (TPSA) is 55.1 Å². The Morgan fingerprint density at radius 3 is 2.25 bits per heavy atom. The van der Waals surface area contributed by atoms with Crippen molar-refractivity contribution in [1.82, 2.24) is 5.32 Å². The number of halogens is 3. The molecule has 0 saturated heterocycles. The van der Waals surface area contributed by atoms with Gasteiger partial charge >= 0.3 is 6.18 Å². The molecule has 3 N–H and O–H groups in total. The predicted octanol–water partition coefficient (Wildman–Crippen LogP) is 2.97. The zero-order valence-electron chi connectivity index (χ0n) is 10.9. The van der Waals surface area contributed by atoms with Gasteiger partial charge in [-0.05, 0) is 30.5 Å². The molecule has 1 aliphatic carbocycles. The molecule has 6 heteroatoms. The number of hydrogen-bond donors (Lipinski definition) is 2. The summed E-state index contributed by atoms with van der Waals surface area (Å²) in [6.45, 7) is 0. The summed E-state index contributed by atoms with van der Waals surface area (Å²) in [6.07, 6.45) is -1.22. The van der Waals surface area contributed by atoms with Gasteiger partial charge < -0.3 is 11.1 Å². The fourth-order valence-corrected chi connectivity index (χ4v) is 2.53. The van der Waals surface area contributed by atoms with E-state index in [2.05, 4.69) is 5.32 Å². The molecular weight excluding hydrogens is 269 g/mol. The molecule has 1 aromatic carbocycles. The van der Waals surface area contributed by atoms with Gasteiger partial charge in [0.05, 0.1) is 0 Å². The van der Waals surface area contributed by atoms with Crippen molar-refractivity contribution in [2.75, 3.05) is 5.73 Å². The van der Waals surface area contributed by atoms with Gasteiger partial charge in [0, 0.05) is 11.7 Å². The van der Waals surface area contributed by atoms with Crippen molar-refractivity contribution in [3.8, 4) is 0 Å². The third-order valence-corrected chi connectivity index (χ3v) is 3.56. The van der Waals surface area contributed by atoms with Crippen molar-refractivity contribution in [2.45, 2.75) is 43.8 Å². The molecule has 2 rings (SSSR count). The maximum absolute atomic E-state index is 13.1. The summed E-state index contributed by atoms with van der Waals surface area (Å²) in [6, 6.07) is 5.11. The molecule has 1 atom stereocenters. The number of benzene rings is 1. The Morgan fingerprint density at radius 2 is 1.75 bits per heavy atom. The average molecular weight is 286 g/mol. The van der Waals surface area contributed by atoms with Gasteiger partial charge in [0.15, 0.2) is 5.92 Å². The number of nitrogens with two attached hydrogens (primary N) is 1. The molecule has 0 bridgehead atoms. The number of rotatable bonds is 3. The van der Waals surface area contributed by atoms with E-state index in [1.54, 1.807) is 0 Å². The van der Waals surface area contributed by atoms with Crippen LogP contribution < -0.4 is 11.1 Å². The highest BCUT2D eigenvalue weighted by molar-refractivity contribution is 5.85. The van der Waals surface area contributed by atoms with Crippen molar-refractivity contribution < 1.29 is 18.0 Å². The van der Waals surface area contributed by atoms with Crippen LogP contribution in [0.5, 0.6) is 0 Å². The van der Waals surface area contributed by atoms with Crippen LogP contribution in [0.15, 0.2) is 24.3 Å². The van der Waals surface area contributed by atoms with Gasteiger partial charge in [0.2, 0.25) is 5.91 Å². The summed E-state index contributed by atoms with van der Waals surface area (Å²) < 4.78 is 39.4. The van der Waals surface area contributed by atoms with Gasteiger partial charge in [0.1, 0.15) is 0 Å². The van der Waals surface area contributed by atoms with Crippen LogP contribution in [0.25, 0.3) is 0 Å². The summed E-state index contributed by atoms with van der Waals surface area (Å²) in [5.41, 5.74) is 5.75. The first-order chi connectivity index (χ1) is 9.38. The molecule has 1 aliphatic rings. The highest BCUT2D eigenvalue weighted by atomic mass is 19.4. The summed E-state index contributed by atoms with van der Waals surface area (Å²) >= 11 is 0. The first-order valence-corrected chi connectivity index (χ1v) is 6.60. The molecule has 1 aromatic rings. The van der Waals surface area contributed by atoms with Gasteiger partial charge in [-0.25, -0.2) is 0 Å². The van der Waals surface area contributed by atoms with Gasteiger partial charge in [-0.3, -0.25) is 4.79 Å². The molecule has 20 heavy (non-hydrogen) atoms. The quantitative estimate of drug-likeness (QED) is 0.839. The Bertz CT molecular complexity index is 464. The molecule has 0 spiro atoms. The molecule has 1 amide bonds. The monoisotopic (exact) mass is 286 g/mol. The Morgan fingerprint density at radius 1 is 1.20 bits per heavy atom. The summed E-state index contributed by atoms with van der Waals surface area (Å²) in [5.74, 6) is -3.11. The van der Waals surface area contributed by atoms with E-state index in [9.17, 15) is 18.0 Å². The number of anilines is 1. The molecule has 1 fully saturated rings. The van der Waals surface area contributed by atoms with E-state index in [-0.39, 0.29) is 11.6 Å². The maximum Gasteiger partial charge on any atom is 0.404 e. The van der Waals surface area contributed by atoms with Crippen molar-refractivity contribution in [1.29, 1.82) is 0 Å². The van der Waals surface area contributed by atoms with Crippen LogP contribution in [0.4, 0.5) is 18.9 Å². The number of alkyl halides is 3. The Kier molecular flexibility index (Phi) is 4.20. The van der Waals surface area contributed by atoms with E-state index in [1.807, 2.05) is 0 Å². The lowest BCUT2D eigenvalue weighted by Gasteiger charge is -2.22. The zero-order chi connectivity index (χ0) is 14.8. The lowest BCUT2D eigenvalue weighted by atomic mass is 9.96. The molecule has 3 nitrogen and oxygen atoms in total. The molecule has 1 unspecified atom stereocenters. The highest BCUT2D eigenvalue weighted by Crippen LogP contribution is 2.35. The zero-order valence-corrected chi connectivity index (χ0v) is 10.9. The van der Waals surface area contributed by atoms with Crippen LogP contribution in [0.1, 0.15) is 37.2 Å². The normalized spacial score (nSPS) is 17.9. The SMILES string of the molecule is Nc1ccc(C(C(=O)NC2CCCC2)C(F)(F)F)cc1. The molecule has 0 aliphatic heterocycles. The maximum atomic E-state index is 13.1. The summed E-state index contributed by atoms with van der Waals surface area (Å²) in [7, 11) is 0. The van der Waals surface area contributed by atoms with Crippen molar-refractivity contribution in [2.24, 2.45) is 0 Å². The fraction of sp³-hybridized carbons (Fsp3) is 0.500. The number of nitrogens with one attached hydrogen (secondary N) is 1. The minimum absolute atomic E-state index is 0.0813. The molecule has 1 saturated carbocycles. The molecule has 110 valence electrons. The molecule has 0 heterocycles. The van der Waals surface area contributed by atoms with E-state index in [4.69, 9.17) is 5.73 Å². The van der Waals surface area contributed by atoms with Crippen molar-refractivity contribution in [3.63, 3.8) is 0 Å². The van der Waals surface area contributed by atoms with Crippen LogP contribution in [0.2, 0.25) is 0 Å².